The van der Waals surface area contributed by atoms with Crippen molar-refractivity contribution in [1.29, 1.82) is 0 Å². The van der Waals surface area contributed by atoms with Crippen LogP contribution in [0.2, 0.25) is 0 Å². The summed E-state index contributed by atoms with van der Waals surface area (Å²) in [5, 5.41) is 2.44. The quantitative estimate of drug-likeness (QED) is 0.534. The summed E-state index contributed by atoms with van der Waals surface area (Å²) < 4.78 is 34.0. The first-order valence-electron chi connectivity index (χ1n) is 5.82. The molecule has 1 aromatic rings. The van der Waals surface area contributed by atoms with Crippen LogP contribution in [0.1, 0.15) is 0 Å². The summed E-state index contributed by atoms with van der Waals surface area (Å²) >= 11 is 0. The molecule has 7 nitrogen and oxygen atoms in total. The molecule has 112 valence electrons. The fourth-order valence-corrected chi connectivity index (χ4v) is 2.83. The first-order valence-corrected chi connectivity index (χ1v) is 7.48. The monoisotopic (exact) mass is 302 g/mol. The third kappa shape index (κ3) is 4.39. The number of ether oxygens (including phenoxy) is 2. The fourth-order valence-electron chi connectivity index (χ4n) is 1.50. The number of methoxy groups -OCH3 is 2. The highest BCUT2D eigenvalue weighted by Crippen LogP contribution is 2.24. The third-order valence-corrected chi connectivity index (χ3v) is 4.17. The molecule has 0 aliphatic heterocycles. The Morgan fingerprint density at radius 2 is 2.05 bits per heavy atom. The van der Waals surface area contributed by atoms with Crippen molar-refractivity contribution in [3.8, 4) is 5.75 Å². The van der Waals surface area contributed by atoms with Crippen LogP contribution < -0.4 is 15.8 Å². The molecule has 0 fully saturated rings. The lowest BCUT2D eigenvalue weighted by atomic mass is 10.3. The van der Waals surface area contributed by atoms with Crippen molar-refractivity contribution in [2.75, 3.05) is 38.9 Å². The van der Waals surface area contributed by atoms with Gasteiger partial charge in [-0.2, -0.15) is 0 Å². The van der Waals surface area contributed by atoms with Gasteiger partial charge in [0.15, 0.2) is 9.84 Å². The summed E-state index contributed by atoms with van der Waals surface area (Å²) in [6.45, 7) is 0.561. The molecule has 8 heteroatoms. The zero-order valence-corrected chi connectivity index (χ0v) is 12.2. The Labute approximate surface area is 118 Å². The second kappa shape index (κ2) is 7.11. The number of sulfone groups is 1. The Hall–Kier alpha value is -1.80. The molecule has 0 saturated heterocycles. The lowest BCUT2D eigenvalue weighted by Crippen LogP contribution is -2.32. The van der Waals surface area contributed by atoms with Gasteiger partial charge in [0.05, 0.1) is 24.3 Å². The van der Waals surface area contributed by atoms with E-state index in [2.05, 4.69) is 5.32 Å². The molecule has 0 unspecified atom stereocenters. The number of benzene rings is 1. The van der Waals surface area contributed by atoms with E-state index in [4.69, 9.17) is 15.2 Å². The number of nitrogens with two attached hydrogens (primary N) is 1. The van der Waals surface area contributed by atoms with Crippen LogP contribution in [0, 0.1) is 0 Å². The van der Waals surface area contributed by atoms with Crippen molar-refractivity contribution in [3.05, 3.63) is 18.2 Å². The molecule has 3 N–H and O–H groups in total. The zero-order chi connectivity index (χ0) is 15.2. The third-order valence-electron chi connectivity index (χ3n) is 2.51. The van der Waals surface area contributed by atoms with Crippen LogP contribution in [0.25, 0.3) is 0 Å². The van der Waals surface area contributed by atoms with Gasteiger partial charge < -0.3 is 20.5 Å². The lowest BCUT2D eigenvalue weighted by molar-refractivity contribution is -0.118. The molecular weight excluding hydrogens is 284 g/mol. The van der Waals surface area contributed by atoms with Crippen LogP contribution in [0.5, 0.6) is 5.75 Å². The highest BCUT2D eigenvalue weighted by atomic mass is 32.2. The van der Waals surface area contributed by atoms with E-state index in [0.29, 0.717) is 12.4 Å². The molecule has 1 rings (SSSR count). The van der Waals surface area contributed by atoms with Gasteiger partial charge in [-0.1, -0.05) is 0 Å². The number of hydrogen-bond acceptors (Lipinski definition) is 6. The first kappa shape index (κ1) is 16.3. The van der Waals surface area contributed by atoms with Crippen molar-refractivity contribution in [2.45, 2.75) is 4.90 Å². The number of nitrogens with one attached hydrogen (secondary N) is 1. The van der Waals surface area contributed by atoms with Gasteiger partial charge in [-0.15, -0.1) is 0 Å². The maximum atomic E-state index is 12.1. The van der Waals surface area contributed by atoms with Crippen LogP contribution in [0.4, 0.5) is 5.69 Å². The topological polar surface area (TPSA) is 108 Å². The molecule has 1 aromatic carbocycles. The van der Waals surface area contributed by atoms with Crippen LogP contribution >= 0.6 is 0 Å². The van der Waals surface area contributed by atoms with E-state index in [-0.39, 0.29) is 17.1 Å². The molecule has 0 aliphatic rings. The van der Waals surface area contributed by atoms with E-state index in [0.717, 1.165) is 0 Å². The number of amides is 1. The van der Waals surface area contributed by atoms with Crippen LogP contribution in [0.3, 0.4) is 0 Å². The number of nitrogen functional groups attached to an aromatic ring is 1. The number of carbonyl (C=O) groups excluding carboxylic acids is 1. The largest absolute Gasteiger partial charge is 0.497 e. The molecule has 1 amide bonds. The zero-order valence-electron chi connectivity index (χ0n) is 11.4. The summed E-state index contributed by atoms with van der Waals surface area (Å²) in [7, 11) is -0.916. The number of carbonyl (C=O) groups is 1. The van der Waals surface area contributed by atoms with Gasteiger partial charge in [0, 0.05) is 19.7 Å². The Morgan fingerprint density at radius 3 is 2.65 bits per heavy atom. The molecule has 0 heterocycles. The van der Waals surface area contributed by atoms with Crippen molar-refractivity contribution >= 4 is 21.4 Å². The predicted molar refractivity (Wildman–Crippen MR) is 74.3 cm³/mol. The van der Waals surface area contributed by atoms with Gasteiger partial charge in [-0.05, 0) is 12.1 Å². The van der Waals surface area contributed by atoms with E-state index in [9.17, 15) is 13.2 Å². The Balaban J connectivity index is 2.86. The Kier molecular flexibility index (Phi) is 5.78. The maximum Gasteiger partial charge on any atom is 0.235 e. The fraction of sp³-hybridized carbons (Fsp3) is 0.417. The van der Waals surface area contributed by atoms with Gasteiger partial charge in [-0.3, -0.25) is 4.79 Å². The predicted octanol–water partition coefficient (Wildman–Crippen LogP) is -0.186. The van der Waals surface area contributed by atoms with Crippen molar-refractivity contribution in [3.63, 3.8) is 0 Å². The SMILES string of the molecule is COCCNC(=O)CS(=O)(=O)c1cc(OC)ccc1N. The second-order valence-corrected chi connectivity index (χ2v) is 5.96. The summed E-state index contributed by atoms with van der Waals surface area (Å²) in [4.78, 5) is 11.4. The summed E-state index contributed by atoms with van der Waals surface area (Å²) in [5.74, 6) is -0.921. The van der Waals surface area contributed by atoms with Crippen molar-refractivity contribution in [1.82, 2.24) is 5.32 Å². The molecule has 0 radical (unpaired) electrons. The van der Waals surface area contributed by atoms with Gasteiger partial charge in [0.1, 0.15) is 11.5 Å². The average Bonchev–Trinajstić information content (AvgIpc) is 2.38. The molecule has 0 aromatic heterocycles. The molecule has 0 spiro atoms. The standard InChI is InChI=1S/C12H18N2O5S/c1-18-6-5-14-12(15)8-20(16,17)11-7-9(19-2)3-4-10(11)13/h3-4,7H,5-6,8,13H2,1-2H3,(H,14,15). The minimum absolute atomic E-state index is 0.0792. The minimum atomic E-state index is -3.82. The van der Waals surface area contributed by atoms with Crippen molar-refractivity contribution in [2.24, 2.45) is 0 Å². The van der Waals surface area contributed by atoms with E-state index in [1.807, 2.05) is 0 Å². The van der Waals surface area contributed by atoms with Crippen LogP contribution in [0.15, 0.2) is 23.1 Å². The van der Waals surface area contributed by atoms with E-state index in [1.54, 1.807) is 6.07 Å². The molecular formula is C12H18N2O5S. The molecule has 0 aliphatic carbocycles. The molecule has 0 bridgehead atoms. The summed E-state index contributed by atoms with van der Waals surface area (Å²) in [6, 6.07) is 4.27. The Bertz CT molecular complexity index is 571. The summed E-state index contributed by atoms with van der Waals surface area (Å²) in [5.41, 5.74) is 5.72. The van der Waals surface area contributed by atoms with E-state index >= 15 is 0 Å². The highest BCUT2D eigenvalue weighted by Gasteiger charge is 2.22. The van der Waals surface area contributed by atoms with Gasteiger partial charge >= 0.3 is 0 Å². The molecule has 20 heavy (non-hydrogen) atoms. The summed E-state index contributed by atoms with van der Waals surface area (Å²) in [6.07, 6.45) is 0. The van der Waals surface area contributed by atoms with E-state index in [1.165, 1.54) is 26.4 Å². The van der Waals surface area contributed by atoms with Crippen LogP contribution in [-0.2, 0) is 19.4 Å². The first-order chi connectivity index (χ1) is 9.40. The van der Waals surface area contributed by atoms with E-state index < -0.39 is 21.5 Å². The van der Waals surface area contributed by atoms with Gasteiger partial charge in [0.2, 0.25) is 5.91 Å². The minimum Gasteiger partial charge on any atom is -0.497 e. The Morgan fingerprint density at radius 1 is 1.35 bits per heavy atom. The van der Waals surface area contributed by atoms with Crippen LogP contribution in [-0.4, -0.2) is 47.4 Å². The highest BCUT2D eigenvalue weighted by molar-refractivity contribution is 7.92. The number of rotatable bonds is 7. The van der Waals surface area contributed by atoms with Gasteiger partial charge in [-0.25, -0.2) is 8.42 Å². The van der Waals surface area contributed by atoms with Gasteiger partial charge in [0.25, 0.3) is 0 Å². The van der Waals surface area contributed by atoms with Crippen molar-refractivity contribution < 1.29 is 22.7 Å². The average molecular weight is 302 g/mol. The number of anilines is 1. The maximum absolute atomic E-state index is 12.1. The lowest BCUT2D eigenvalue weighted by Gasteiger charge is -2.09. The number of hydrogen-bond donors (Lipinski definition) is 2. The normalized spacial score (nSPS) is 11.1. The second-order valence-electron chi connectivity index (χ2n) is 4.01. The smallest absolute Gasteiger partial charge is 0.235 e. The molecule has 0 saturated carbocycles. The molecule has 0 atom stereocenters.